The lowest BCUT2D eigenvalue weighted by Gasteiger charge is -2.35. The van der Waals surface area contributed by atoms with Gasteiger partial charge in [0, 0.05) is 50.4 Å². The van der Waals surface area contributed by atoms with Crippen LogP contribution in [0.25, 0.3) is 0 Å². The van der Waals surface area contributed by atoms with Crippen LogP contribution in [0, 0.1) is 5.41 Å². The summed E-state index contributed by atoms with van der Waals surface area (Å²) in [5.41, 5.74) is 1.69. The molecule has 33 heavy (non-hydrogen) atoms. The number of carbonyl (C=O) groups is 1. The quantitative estimate of drug-likeness (QED) is 0.251. The SMILES string of the molecule is CCNC(=NCc1ccc(C(=O)N2CC(C)OC(C)C2)cc1)NCC1(CCO)CCOC1.I. The summed E-state index contributed by atoms with van der Waals surface area (Å²) in [5.74, 6) is 0.790. The number of nitrogens with one attached hydrogen (secondary N) is 2. The molecule has 0 radical (unpaired) electrons. The van der Waals surface area contributed by atoms with Crippen LogP contribution in [0.5, 0.6) is 0 Å². The van der Waals surface area contributed by atoms with Crippen LogP contribution in [0.1, 0.15) is 49.5 Å². The number of guanidine groups is 1. The highest BCUT2D eigenvalue weighted by Gasteiger charge is 2.34. The monoisotopic (exact) mass is 574 g/mol. The number of amides is 1. The molecular formula is C24H39IN4O4. The Labute approximate surface area is 214 Å². The number of morpholine rings is 1. The molecule has 0 bridgehead atoms. The second kappa shape index (κ2) is 13.5. The zero-order valence-corrected chi connectivity index (χ0v) is 22.3. The van der Waals surface area contributed by atoms with Gasteiger partial charge in [-0.2, -0.15) is 0 Å². The third-order valence-corrected chi connectivity index (χ3v) is 6.13. The molecule has 186 valence electrons. The topological polar surface area (TPSA) is 95.4 Å². The third kappa shape index (κ3) is 8.08. The summed E-state index contributed by atoms with van der Waals surface area (Å²) in [7, 11) is 0. The number of hydrogen-bond acceptors (Lipinski definition) is 5. The van der Waals surface area contributed by atoms with Crippen molar-refractivity contribution in [3.8, 4) is 0 Å². The van der Waals surface area contributed by atoms with Crippen LogP contribution in [0.4, 0.5) is 0 Å². The molecule has 0 aromatic heterocycles. The molecule has 3 atom stereocenters. The van der Waals surface area contributed by atoms with E-state index in [0.717, 1.165) is 37.5 Å². The van der Waals surface area contributed by atoms with Gasteiger partial charge in [-0.3, -0.25) is 4.79 Å². The highest BCUT2D eigenvalue weighted by Crippen LogP contribution is 2.31. The minimum Gasteiger partial charge on any atom is -0.396 e. The molecule has 2 heterocycles. The molecule has 2 saturated heterocycles. The van der Waals surface area contributed by atoms with E-state index in [1.165, 1.54) is 0 Å². The van der Waals surface area contributed by atoms with Crippen molar-refractivity contribution in [2.75, 3.05) is 46.0 Å². The first kappa shape index (κ1) is 27.8. The van der Waals surface area contributed by atoms with Gasteiger partial charge in [0.25, 0.3) is 5.91 Å². The van der Waals surface area contributed by atoms with E-state index in [0.29, 0.717) is 38.3 Å². The first-order valence-corrected chi connectivity index (χ1v) is 11.7. The third-order valence-electron chi connectivity index (χ3n) is 6.13. The predicted octanol–water partition coefficient (Wildman–Crippen LogP) is 2.40. The summed E-state index contributed by atoms with van der Waals surface area (Å²) in [5, 5.41) is 16.1. The van der Waals surface area contributed by atoms with Crippen molar-refractivity contribution in [3.05, 3.63) is 35.4 Å². The second-order valence-electron chi connectivity index (χ2n) is 8.99. The number of hydrogen-bond donors (Lipinski definition) is 3. The largest absolute Gasteiger partial charge is 0.396 e. The number of rotatable bonds is 8. The second-order valence-corrected chi connectivity index (χ2v) is 8.99. The van der Waals surface area contributed by atoms with Crippen molar-refractivity contribution in [2.45, 2.75) is 52.4 Å². The van der Waals surface area contributed by atoms with Crippen LogP contribution in [0.3, 0.4) is 0 Å². The van der Waals surface area contributed by atoms with Crippen molar-refractivity contribution in [1.82, 2.24) is 15.5 Å². The molecule has 9 heteroatoms. The molecular weight excluding hydrogens is 535 g/mol. The van der Waals surface area contributed by atoms with Crippen LogP contribution >= 0.6 is 24.0 Å². The Kier molecular flexibility index (Phi) is 11.3. The molecule has 3 N–H and O–H groups in total. The van der Waals surface area contributed by atoms with Gasteiger partial charge in [0.15, 0.2) is 5.96 Å². The van der Waals surface area contributed by atoms with Crippen molar-refractivity contribution in [3.63, 3.8) is 0 Å². The average Bonchev–Trinajstić information content (AvgIpc) is 3.24. The molecule has 0 saturated carbocycles. The highest BCUT2D eigenvalue weighted by atomic mass is 127. The summed E-state index contributed by atoms with van der Waals surface area (Å²) >= 11 is 0. The van der Waals surface area contributed by atoms with Gasteiger partial charge < -0.3 is 30.1 Å². The fraction of sp³-hybridized carbons (Fsp3) is 0.667. The minimum absolute atomic E-state index is 0. The van der Waals surface area contributed by atoms with E-state index in [-0.39, 0.29) is 54.1 Å². The van der Waals surface area contributed by atoms with Gasteiger partial charge in [0.1, 0.15) is 0 Å². The summed E-state index contributed by atoms with van der Waals surface area (Å²) < 4.78 is 11.3. The van der Waals surface area contributed by atoms with Gasteiger partial charge >= 0.3 is 0 Å². The first-order chi connectivity index (χ1) is 15.4. The van der Waals surface area contributed by atoms with Gasteiger partial charge in [-0.1, -0.05) is 12.1 Å². The number of benzene rings is 1. The lowest BCUT2D eigenvalue weighted by atomic mass is 9.84. The van der Waals surface area contributed by atoms with Crippen molar-refractivity contribution < 1.29 is 19.4 Å². The highest BCUT2D eigenvalue weighted by molar-refractivity contribution is 14.0. The van der Waals surface area contributed by atoms with Crippen LogP contribution in [0.2, 0.25) is 0 Å². The molecule has 2 fully saturated rings. The average molecular weight is 575 g/mol. The smallest absolute Gasteiger partial charge is 0.254 e. The zero-order chi connectivity index (χ0) is 23.0. The van der Waals surface area contributed by atoms with E-state index >= 15 is 0 Å². The number of aliphatic hydroxyl groups is 1. The van der Waals surface area contributed by atoms with E-state index < -0.39 is 0 Å². The molecule has 8 nitrogen and oxygen atoms in total. The first-order valence-electron chi connectivity index (χ1n) is 11.7. The van der Waals surface area contributed by atoms with E-state index in [4.69, 9.17) is 14.5 Å². The molecule has 3 rings (SSSR count). The van der Waals surface area contributed by atoms with E-state index in [1.54, 1.807) is 0 Å². The number of halogens is 1. The number of aliphatic hydroxyl groups excluding tert-OH is 1. The van der Waals surface area contributed by atoms with E-state index in [9.17, 15) is 9.90 Å². The number of aliphatic imine (C=N–C) groups is 1. The summed E-state index contributed by atoms with van der Waals surface area (Å²) in [6, 6.07) is 7.69. The number of nitrogens with zero attached hydrogens (tertiary/aromatic N) is 2. The van der Waals surface area contributed by atoms with Crippen LogP contribution in [-0.2, 0) is 16.0 Å². The number of ether oxygens (including phenoxy) is 2. The fourth-order valence-electron chi connectivity index (χ4n) is 4.37. The molecule has 2 aliphatic heterocycles. The maximum absolute atomic E-state index is 12.8. The van der Waals surface area contributed by atoms with Crippen LogP contribution in [-0.4, -0.2) is 80.1 Å². The Balaban J connectivity index is 0.00000385. The van der Waals surface area contributed by atoms with Gasteiger partial charge in [-0.25, -0.2) is 4.99 Å². The Morgan fingerprint density at radius 2 is 1.91 bits per heavy atom. The molecule has 1 aromatic rings. The van der Waals surface area contributed by atoms with Crippen molar-refractivity contribution >= 4 is 35.8 Å². The van der Waals surface area contributed by atoms with Gasteiger partial charge in [-0.05, 0) is 51.3 Å². The Hall–Kier alpha value is -1.43. The Morgan fingerprint density at radius 3 is 2.48 bits per heavy atom. The summed E-state index contributed by atoms with van der Waals surface area (Å²) in [6.07, 6.45) is 1.77. The summed E-state index contributed by atoms with van der Waals surface area (Å²) in [6.45, 7) is 10.8. The predicted molar refractivity (Wildman–Crippen MR) is 140 cm³/mol. The number of carbonyl (C=O) groups excluding carboxylic acids is 1. The van der Waals surface area contributed by atoms with E-state index in [1.807, 2.05) is 49.9 Å². The summed E-state index contributed by atoms with van der Waals surface area (Å²) in [4.78, 5) is 19.4. The zero-order valence-electron chi connectivity index (χ0n) is 20.0. The van der Waals surface area contributed by atoms with Crippen LogP contribution in [0.15, 0.2) is 29.3 Å². The lowest BCUT2D eigenvalue weighted by molar-refractivity contribution is -0.0586. The van der Waals surface area contributed by atoms with Gasteiger partial charge in [-0.15, -0.1) is 24.0 Å². The lowest BCUT2D eigenvalue weighted by Crippen LogP contribution is -2.48. The molecule has 1 aromatic carbocycles. The fourth-order valence-corrected chi connectivity index (χ4v) is 4.37. The Morgan fingerprint density at radius 1 is 1.21 bits per heavy atom. The molecule has 2 aliphatic rings. The maximum atomic E-state index is 12.8. The molecule has 0 spiro atoms. The normalized spacial score (nSPS) is 25.5. The molecule has 1 amide bonds. The van der Waals surface area contributed by atoms with Gasteiger partial charge in [0.05, 0.1) is 25.4 Å². The molecule has 3 unspecified atom stereocenters. The standard InChI is InChI=1S/C24H38N4O4.HI/c1-4-25-23(27-16-24(9-11-29)10-12-31-17-24)26-13-20-5-7-21(8-6-20)22(30)28-14-18(2)32-19(3)15-28;/h5-8,18-19,29H,4,9-17H2,1-3H3,(H2,25,26,27);1H. The molecule has 0 aliphatic carbocycles. The van der Waals surface area contributed by atoms with Crippen molar-refractivity contribution in [1.29, 1.82) is 0 Å². The Bertz CT molecular complexity index is 758. The van der Waals surface area contributed by atoms with Gasteiger partial charge in [0.2, 0.25) is 0 Å². The van der Waals surface area contributed by atoms with E-state index in [2.05, 4.69) is 10.6 Å². The minimum atomic E-state index is -0.0402. The van der Waals surface area contributed by atoms with Crippen LogP contribution < -0.4 is 10.6 Å². The maximum Gasteiger partial charge on any atom is 0.254 e. The van der Waals surface area contributed by atoms with Crippen molar-refractivity contribution in [2.24, 2.45) is 10.4 Å².